The molecule has 1 aliphatic heterocycles. The van der Waals surface area contributed by atoms with Crippen molar-refractivity contribution in [3.63, 3.8) is 0 Å². The minimum absolute atomic E-state index is 0. The van der Waals surface area contributed by atoms with Crippen LogP contribution in [0.25, 0.3) is 21.8 Å². The van der Waals surface area contributed by atoms with Gasteiger partial charge in [0.15, 0.2) is 0 Å². The van der Waals surface area contributed by atoms with Crippen molar-refractivity contribution in [2.75, 3.05) is 20.1 Å². The molecule has 1 saturated heterocycles. The number of halogens is 1. The maximum atomic E-state index is 13.4. The Kier molecular flexibility index (Phi) is 6.08. The van der Waals surface area contributed by atoms with Crippen molar-refractivity contribution < 1.29 is 4.79 Å². The number of fused-ring (bicyclic) bond motifs is 1. The summed E-state index contributed by atoms with van der Waals surface area (Å²) < 4.78 is 3.54. The van der Waals surface area contributed by atoms with Crippen LogP contribution >= 0.6 is 17.0 Å². The smallest absolute Gasteiger partial charge is 0.329 e. The fourth-order valence-electron chi connectivity index (χ4n) is 5.96. The number of rotatable bonds is 4. The molecule has 2 aliphatic rings. The van der Waals surface area contributed by atoms with Gasteiger partial charge in [0.25, 0.3) is 0 Å². The lowest BCUT2D eigenvalue weighted by Crippen LogP contribution is -2.40. The van der Waals surface area contributed by atoms with Crippen LogP contribution in [0.5, 0.6) is 0 Å². The molecular formula is C27H29BrN4O2. The molecular weight excluding hydrogens is 492 g/mol. The number of nitrogens with zero attached hydrogens (tertiary/aromatic N) is 3. The summed E-state index contributed by atoms with van der Waals surface area (Å²) in [6.07, 6.45) is 2.92. The Bertz CT molecular complexity index is 1430. The van der Waals surface area contributed by atoms with Crippen molar-refractivity contribution in [2.24, 2.45) is 0 Å². The zero-order chi connectivity index (χ0) is 22.5. The number of aromatic nitrogens is 2. The van der Waals surface area contributed by atoms with Gasteiger partial charge >= 0.3 is 5.69 Å². The van der Waals surface area contributed by atoms with Crippen LogP contribution in [0.15, 0.2) is 65.5 Å². The van der Waals surface area contributed by atoms with E-state index in [2.05, 4.69) is 46.6 Å². The molecule has 2 heterocycles. The maximum Gasteiger partial charge on any atom is 0.329 e. The lowest BCUT2D eigenvalue weighted by atomic mass is 9.99. The number of nitrogens with one attached hydrogen (secondary N) is 1. The number of likely N-dealkylation sites (N-methyl/N-ethyl adjacent to an activating group) is 1. The van der Waals surface area contributed by atoms with Crippen molar-refractivity contribution in [3.05, 3.63) is 82.3 Å². The first-order valence-corrected chi connectivity index (χ1v) is 11.8. The summed E-state index contributed by atoms with van der Waals surface area (Å²) in [5.41, 5.74) is 4.55. The van der Waals surface area contributed by atoms with Gasteiger partial charge in [-0.1, -0.05) is 48.5 Å². The van der Waals surface area contributed by atoms with Crippen LogP contribution in [0.2, 0.25) is 0 Å². The third-order valence-corrected chi connectivity index (χ3v) is 7.55. The third kappa shape index (κ3) is 3.58. The van der Waals surface area contributed by atoms with Crippen molar-refractivity contribution in [1.82, 2.24) is 19.4 Å². The molecule has 0 spiro atoms. The van der Waals surface area contributed by atoms with Gasteiger partial charge in [0.1, 0.15) is 6.54 Å². The molecule has 176 valence electrons. The first-order chi connectivity index (χ1) is 16.2. The first kappa shape index (κ1) is 22.9. The molecule has 1 aromatic heterocycles. The number of carbonyl (C=O) groups is 1. The lowest BCUT2D eigenvalue weighted by Gasteiger charge is -2.36. The Morgan fingerprint density at radius 1 is 0.971 bits per heavy atom. The Labute approximate surface area is 208 Å². The van der Waals surface area contributed by atoms with E-state index in [0.717, 1.165) is 43.4 Å². The van der Waals surface area contributed by atoms with E-state index in [1.807, 2.05) is 28.8 Å². The normalized spacial score (nSPS) is 18.3. The Hall–Kier alpha value is -2.90. The molecule has 0 radical (unpaired) electrons. The topological polar surface area (TPSA) is 59.3 Å². The van der Waals surface area contributed by atoms with E-state index in [1.54, 1.807) is 11.6 Å². The number of benzene rings is 3. The molecule has 6 nitrogen and oxygen atoms in total. The highest BCUT2D eigenvalue weighted by molar-refractivity contribution is 8.93. The molecule has 7 heteroatoms. The maximum absolute atomic E-state index is 13.4. The van der Waals surface area contributed by atoms with E-state index in [4.69, 9.17) is 0 Å². The molecule has 0 bridgehead atoms. The van der Waals surface area contributed by atoms with Gasteiger partial charge < -0.3 is 5.32 Å². The second-order valence-corrected chi connectivity index (χ2v) is 9.25. The van der Waals surface area contributed by atoms with Crippen LogP contribution in [-0.4, -0.2) is 40.1 Å². The summed E-state index contributed by atoms with van der Waals surface area (Å²) in [6, 6.07) is 21.7. The molecule has 3 aromatic carbocycles. The van der Waals surface area contributed by atoms with Gasteiger partial charge in [0, 0.05) is 32.2 Å². The molecule has 1 amide bonds. The van der Waals surface area contributed by atoms with E-state index in [0.29, 0.717) is 6.04 Å². The fraction of sp³-hybridized carbons (Fsp3) is 0.333. The molecule has 1 fully saturated rings. The van der Waals surface area contributed by atoms with E-state index < -0.39 is 0 Å². The largest absolute Gasteiger partial charge is 0.358 e. The summed E-state index contributed by atoms with van der Waals surface area (Å²) in [6.45, 7) is 1.97. The Morgan fingerprint density at radius 3 is 2.41 bits per heavy atom. The number of imidazole rings is 1. The predicted molar refractivity (Wildman–Crippen MR) is 141 cm³/mol. The summed E-state index contributed by atoms with van der Waals surface area (Å²) in [7, 11) is 1.60. The van der Waals surface area contributed by atoms with Crippen LogP contribution in [0.3, 0.4) is 0 Å². The Balaban J connectivity index is 0.00000241. The number of likely N-dealkylation sites (tertiary alicyclic amines) is 1. The van der Waals surface area contributed by atoms with Gasteiger partial charge in [-0.2, -0.15) is 0 Å². The quantitative estimate of drug-likeness (QED) is 0.438. The highest BCUT2D eigenvalue weighted by atomic mass is 79.9. The van der Waals surface area contributed by atoms with Crippen molar-refractivity contribution >= 4 is 44.7 Å². The van der Waals surface area contributed by atoms with Crippen molar-refractivity contribution in [2.45, 2.75) is 37.9 Å². The monoisotopic (exact) mass is 520 g/mol. The number of carbonyl (C=O) groups excluding carboxylic acids is 1. The van der Waals surface area contributed by atoms with Crippen molar-refractivity contribution in [1.29, 1.82) is 0 Å². The predicted octanol–water partition coefficient (Wildman–Crippen LogP) is 4.21. The number of amides is 1. The molecule has 1 aliphatic carbocycles. The van der Waals surface area contributed by atoms with Crippen LogP contribution in [0, 0.1) is 0 Å². The SMILES string of the molecule is Br.CNC(=O)Cn1c(=O)n(C2CCN([C@@H]3Cc4cccc5cccc3c45)CC2)c2ccccc21. The molecule has 1 N–H and O–H groups in total. The fourth-order valence-corrected chi connectivity index (χ4v) is 5.96. The van der Waals surface area contributed by atoms with Crippen LogP contribution in [0.1, 0.15) is 36.1 Å². The van der Waals surface area contributed by atoms with Gasteiger partial charge in [0.05, 0.1) is 11.0 Å². The van der Waals surface area contributed by atoms with E-state index in [-0.39, 0.29) is 41.2 Å². The molecule has 0 unspecified atom stereocenters. The van der Waals surface area contributed by atoms with Gasteiger partial charge in [-0.05, 0) is 53.3 Å². The van der Waals surface area contributed by atoms with E-state index in [1.165, 1.54) is 21.9 Å². The van der Waals surface area contributed by atoms with Crippen LogP contribution < -0.4 is 11.0 Å². The number of hydrogen-bond acceptors (Lipinski definition) is 3. The number of para-hydroxylation sites is 2. The van der Waals surface area contributed by atoms with E-state index >= 15 is 0 Å². The van der Waals surface area contributed by atoms with Crippen molar-refractivity contribution in [3.8, 4) is 0 Å². The zero-order valence-electron chi connectivity index (χ0n) is 19.2. The second kappa shape index (κ2) is 9.04. The summed E-state index contributed by atoms with van der Waals surface area (Å²) in [5, 5.41) is 5.39. The molecule has 1 atom stereocenters. The van der Waals surface area contributed by atoms with Gasteiger partial charge in [-0.3, -0.25) is 18.8 Å². The molecule has 34 heavy (non-hydrogen) atoms. The lowest BCUT2D eigenvalue weighted by molar-refractivity contribution is -0.121. The van der Waals surface area contributed by atoms with Crippen LogP contribution in [-0.2, 0) is 17.8 Å². The summed E-state index contributed by atoms with van der Waals surface area (Å²) >= 11 is 0. The zero-order valence-corrected chi connectivity index (χ0v) is 21.0. The van der Waals surface area contributed by atoms with Gasteiger partial charge in [-0.15, -0.1) is 17.0 Å². The summed E-state index contributed by atoms with van der Waals surface area (Å²) in [5.74, 6) is -0.162. The summed E-state index contributed by atoms with van der Waals surface area (Å²) in [4.78, 5) is 28.0. The van der Waals surface area contributed by atoms with Crippen LogP contribution in [0.4, 0.5) is 0 Å². The molecule has 0 saturated carbocycles. The standard InChI is InChI=1S/C27H28N4O2.BrH/c1-28-25(32)17-30-22-10-2-3-11-23(22)31(27(30)33)20-12-14-29(15-13-20)24-16-19-8-4-6-18-7-5-9-21(24)26(18)19;/h2-11,20,24H,12-17H2,1H3,(H,28,32);1H/t24-;/m1./s1. The molecule has 6 rings (SSSR count). The molecule has 4 aromatic rings. The third-order valence-electron chi connectivity index (χ3n) is 7.55. The Morgan fingerprint density at radius 2 is 1.68 bits per heavy atom. The average molecular weight is 521 g/mol. The van der Waals surface area contributed by atoms with Gasteiger partial charge in [0.2, 0.25) is 5.91 Å². The minimum Gasteiger partial charge on any atom is -0.358 e. The number of piperidine rings is 1. The van der Waals surface area contributed by atoms with E-state index in [9.17, 15) is 9.59 Å². The highest BCUT2D eigenvalue weighted by Crippen LogP contribution is 2.41. The first-order valence-electron chi connectivity index (χ1n) is 11.8. The number of hydrogen-bond donors (Lipinski definition) is 1. The average Bonchev–Trinajstić information content (AvgIpc) is 3.36. The second-order valence-electron chi connectivity index (χ2n) is 9.25. The minimum atomic E-state index is -0.162. The van der Waals surface area contributed by atoms with Gasteiger partial charge in [-0.25, -0.2) is 4.79 Å². The highest BCUT2D eigenvalue weighted by Gasteiger charge is 2.33.